The van der Waals surface area contributed by atoms with E-state index < -0.39 is 0 Å². The number of hydrogen-bond acceptors (Lipinski definition) is 2. The van der Waals surface area contributed by atoms with Crippen LogP contribution in [0, 0.1) is 17.8 Å². The van der Waals surface area contributed by atoms with Crippen LogP contribution >= 0.6 is 0 Å². The van der Waals surface area contributed by atoms with E-state index in [4.69, 9.17) is 5.73 Å². The first kappa shape index (κ1) is 14.1. The Morgan fingerprint density at radius 3 is 2.63 bits per heavy atom. The van der Waals surface area contributed by atoms with E-state index in [-0.39, 0.29) is 11.8 Å². The third-order valence-corrected chi connectivity index (χ3v) is 4.01. The Morgan fingerprint density at radius 2 is 2.05 bits per heavy atom. The molecule has 1 aliphatic rings. The molecule has 1 aliphatic carbocycles. The van der Waals surface area contributed by atoms with Crippen molar-refractivity contribution < 1.29 is 4.79 Å². The van der Waals surface area contributed by atoms with Crippen LogP contribution in [0.1, 0.15) is 25.3 Å². The lowest BCUT2D eigenvalue weighted by molar-refractivity contribution is -0.124. The molecule has 2 rings (SSSR count). The molecule has 0 aliphatic heterocycles. The van der Waals surface area contributed by atoms with Gasteiger partial charge in [0, 0.05) is 13.1 Å². The highest BCUT2D eigenvalue weighted by Crippen LogP contribution is 2.36. The molecule has 3 N–H and O–H groups in total. The molecule has 0 radical (unpaired) electrons. The highest BCUT2D eigenvalue weighted by molar-refractivity contribution is 5.79. The van der Waals surface area contributed by atoms with Gasteiger partial charge in [-0.25, -0.2) is 0 Å². The number of amides is 1. The fraction of sp³-hybridized carbons (Fsp3) is 0.562. The number of carbonyl (C=O) groups excluding carboxylic acids is 1. The SMILES string of the molecule is CC(CNC(=O)C(CN)Cc1ccccc1)C1CC1. The highest BCUT2D eigenvalue weighted by atomic mass is 16.1. The number of hydrogen-bond donors (Lipinski definition) is 2. The van der Waals surface area contributed by atoms with Crippen molar-refractivity contribution in [2.75, 3.05) is 13.1 Å². The Morgan fingerprint density at radius 1 is 1.37 bits per heavy atom. The molecular formula is C16H24N2O. The predicted molar refractivity (Wildman–Crippen MR) is 77.6 cm³/mol. The van der Waals surface area contributed by atoms with Gasteiger partial charge in [-0.05, 0) is 36.7 Å². The highest BCUT2D eigenvalue weighted by Gasteiger charge is 2.28. The summed E-state index contributed by atoms with van der Waals surface area (Å²) < 4.78 is 0. The van der Waals surface area contributed by atoms with E-state index in [2.05, 4.69) is 12.2 Å². The average Bonchev–Trinajstić information content (AvgIpc) is 3.27. The minimum atomic E-state index is -0.117. The lowest BCUT2D eigenvalue weighted by Crippen LogP contribution is -2.38. The molecule has 1 saturated carbocycles. The largest absolute Gasteiger partial charge is 0.356 e. The lowest BCUT2D eigenvalue weighted by Gasteiger charge is -2.17. The molecule has 0 aromatic heterocycles. The molecule has 0 spiro atoms. The van der Waals surface area contributed by atoms with Crippen LogP contribution in [0.5, 0.6) is 0 Å². The zero-order valence-electron chi connectivity index (χ0n) is 11.6. The number of nitrogens with two attached hydrogens (primary N) is 1. The molecule has 0 heterocycles. The normalized spacial score (nSPS) is 17.8. The Kier molecular flexibility index (Phi) is 4.97. The van der Waals surface area contributed by atoms with Gasteiger partial charge in [-0.1, -0.05) is 37.3 Å². The van der Waals surface area contributed by atoms with E-state index >= 15 is 0 Å². The Hall–Kier alpha value is -1.35. The molecule has 1 aromatic carbocycles. The first-order valence-corrected chi connectivity index (χ1v) is 7.22. The maximum absolute atomic E-state index is 12.1. The number of rotatable bonds is 7. The summed E-state index contributed by atoms with van der Waals surface area (Å²) in [5.41, 5.74) is 6.91. The fourth-order valence-electron chi connectivity index (χ4n) is 2.42. The standard InChI is InChI=1S/C16H24N2O/c1-12(14-7-8-14)11-18-16(19)15(10-17)9-13-5-3-2-4-6-13/h2-6,12,14-15H,7-11,17H2,1H3,(H,18,19). The summed E-state index contributed by atoms with van der Waals surface area (Å²) in [6.07, 6.45) is 3.36. The van der Waals surface area contributed by atoms with Gasteiger partial charge in [0.15, 0.2) is 0 Å². The van der Waals surface area contributed by atoms with Gasteiger partial charge >= 0.3 is 0 Å². The zero-order valence-corrected chi connectivity index (χ0v) is 11.6. The molecule has 0 saturated heterocycles. The van der Waals surface area contributed by atoms with E-state index in [1.807, 2.05) is 30.3 Å². The quantitative estimate of drug-likeness (QED) is 0.787. The monoisotopic (exact) mass is 260 g/mol. The second-order valence-electron chi connectivity index (χ2n) is 5.68. The summed E-state index contributed by atoms with van der Waals surface area (Å²) in [6, 6.07) is 10.1. The predicted octanol–water partition coefficient (Wildman–Crippen LogP) is 1.97. The molecule has 3 heteroatoms. The van der Waals surface area contributed by atoms with Crippen molar-refractivity contribution in [1.82, 2.24) is 5.32 Å². The lowest BCUT2D eigenvalue weighted by atomic mass is 9.98. The van der Waals surface area contributed by atoms with Gasteiger partial charge in [0.25, 0.3) is 0 Å². The first-order chi connectivity index (χ1) is 9.20. The Labute approximate surface area is 115 Å². The summed E-state index contributed by atoms with van der Waals surface area (Å²) in [5, 5.41) is 3.06. The van der Waals surface area contributed by atoms with Crippen LogP contribution < -0.4 is 11.1 Å². The summed E-state index contributed by atoms with van der Waals surface area (Å²) in [4.78, 5) is 12.1. The van der Waals surface area contributed by atoms with Crippen LogP contribution in [-0.4, -0.2) is 19.0 Å². The van der Waals surface area contributed by atoms with Crippen molar-refractivity contribution in [3.8, 4) is 0 Å². The van der Waals surface area contributed by atoms with Crippen molar-refractivity contribution in [3.63, 3.8) is 0 Å². The van der Waals surface area contributed by atoms with Crippen molar-refractivity contribution in [2.45, 2.75) is 26.2 Å². The van der Waals surface area contributed by atoms with Crippen molar-refractivity contribution >= 4 is 5.91 Å². The molecule has 1 fully saturated rings. The van der Waals surface area contributed by atoms with Crippen molar-refractivity contribution in [3.05, 3.63) is 35.9 Å². The second-order valence-corrected chi connectivity index (χ2v) is 5.68. The summed E-state index contributed by atoms with van der Waals surface area (Å²) in [7, 11) is 0. The molecular weight excluding hydrogens is 236 g/mol. The van der Waals surface area contributed by atoms with Gasteiger partial charge in [-0.3, -0.25) is 4.79 Å². The van der Waals surface area contributed by atoms with E-state index in [9.17, 15) is 4.79 Å². The van der Waals surface area contributed by atoms with Crippen LogP contribution in [-0.2, 0) is 11.2 Å². The van der Waals surface area contributed by atoms with Gasteiger partial charge in [-0.2, -0.15) is 0 Å². The van der Waals surface area contributed by atoms with Gasteiger partial charge in [-0.15, -0.1) is 0 Å². The summed E-state index contributed by atoms with van der Waals surface area (Å²) in [5.74, 6) is 1.40. The summed E-state index contributed by atoms with van der Waals surface area (Å²) >= 11 is 0. The van der Waals surface area contributed by atoms with Gasteiger partial charge in [0.1, 0.15) is 0 Å². The van der Waals surface area contributed by atoms with Gasteiger partial charge in [0.05, 0.1) is 5.92 Å². The van der Waals surface area contributed by atoms with Crippen LogP contribution in [0.3, 0.4) is 0 Å². The van der Waals surface area contributed by atoms with E-state index in [0.717, 1.165) is 18.9 Å². The maximum Gasteiger partial charge on any atom is 0.224 e. The van der Waals surface area contributed by atoms with Crippen LogP contribution in [0.2, 0.25) is 0 Å². The van der Waals surface area contributed by atoms with Gasteiger partial charge in [0.2, 0.25) is 5.91 Å². The van der Waals surface area contributed by atoms with Gasteiger partial charge < -0.3 is 11.1 Å². The minimum absolute atomic E-state index is 0.0962. The molecule has 1 amide bonds. The Bertz CT molecular complexity index is 400. The smallest absolute Gasteiger partial charge is 0.224 e. The first-order valence-electron chi connectivity index (χ1n) is 7.22. The molecule has 3 nitrogen and oxygen atoms in total. The van der Waals surface area contributed by atoms with Crippen LogP contribution in [0.25, 0.3) is 0 Å². The van der Waals surface area contributed by atoms with Crippen molar-refractivity contribution in [2.24, 2.45) is 23.5 Å². The molecule has 1 aromatic rings. The van der Waals surface area contributed by atoms with E-state index in [1.54, 1.807) is 0 Å². The number of nitrogens with one attached hydrogen (secondary N) is 1. The maximum atomic E-state index is 12.1. The van der Waals surface area contributed by atoms with E-state index in [1.165, 1.54) is 18.4 Å². The van der Waals surface area contributed by atoms with Crippen LogP contribution in [0.4, 0.5) is 0 Å². The molecule has 0 bridgehead atoms. The minimum Gasteiger partial charge on any atom is -0.356 e. The summed E-state index contributed by atoms with van der Waals surface area (Å²) in [6.45, 7) is 3.40. The third kappa shape index (κ3) is 4.35. The topological polar surface area (TPSA) is 55.1 Å². The third-order valence-electron chi connectivity index (χ3n) is 4.01. The van der Waals surface area contributed by atoms with Crippen molar-refractivity contribution in [1.29, 1.82) is 0 Å². The number of benzene rings is 1. The fourth-order valence-corrected chi connectivity index (χ4v) is 2.42. The molecule has 2 unspecified atom stereocenters. The molecule has 2 atom stereocenters. The molecule has 104 valence electrons. The zero-order chi connectivity index (χ0) is 13.7. The molecule has 19 heavy (non-hydrogen) atoms. The average molecular weight is 260 g/mol. The van der Waals surface area contributed by atoms with Crippen LogP contribution in [0.15, 0.2) is 30.3 Å². The Balaban J connectivity index is 1.80. The number of carbonyl (C=O) groups is 1. The van der Waals surface area contributed by atoms with E-state index in [0.29, 0.717) is 12.5 Å². The second kappa shape index (κ2) is 6.71.